The van der Waals surface area contributed by atoms with Crippen molar-refractivity contribution in [2.45, 2.75) is 401 Å². The Morgan fingerprint density at radius 3 is 0.618 bits per heavy atom. The zero-order valence-electron chi connectivity index (χ0n) is 52.6. The molecular weight excluding hydrogens is 937 g/mol. The van der Waals surface area contributed by atoms with Gasteiger partial charge < -0.3 is 14.2 Å². The summed E-state index contributed by atoms with van der Waals surface area (Å²) < 4.78 is 17.0. The molecule has 6 heteroatoms. The first-order chi connectivity index (χ1) is 37.2. The molecule has 0 saturated heterocycles. The molecule has 0 rings (SSSR count). The predicted molar refractivity (Wildman–Crippen MR) is 330 cm³/mol. The van der Waals surface area contributed by atoms with Crippen molar-refractivity contribution in [1.29, 1.82) is 0 Å². The van der Waals surface area contributed by atoms with Gasteiger partial charge in [-0.2, -0.15) is 0 Å². The molecule has 4 atom stereocenters. The second kappa shape index (κ2) is 61.0. The fourth-order valence-corrected chi connectivity index (χ4v) is 10.8. The smallest absolute Gasteiger partial charge is 0.306 e. The van der Waals surface area contributed by atoms with Crippen LogP contribution in [0.5, 0.6) is 0 Å². The average molecular weight is 1070 g/mol. The van der Waals surface area contributed by atoms with E-state index >= 15 is 0 Å². The highest BCUT2D eigenvalue weighted by Crippen LogP contribution is 2.21. The quantitative estimate of drug-likeness (QED) is 0.0343. The minimum absolute atomic E-state index is 0.0622. The van der Waals surface area contributed by atoms with Crippen molar-refractivity contribution in [3.63, 3.8) is 0 Å². The maximum Gasteiger partial charge on any atom is 0.306 e. The van der Waals surface area contributed by atoms with Crippen LogP contribution in [0.2, 0.25) is 0 Å². The first-order valence-corrected chi connectivity index (χ1v) is 34.7. The number of carbonyl (C=O) groups is 3. The summed E-state index contributed by atoms with van der Waals surface area (Å²) in [6.07, 6.45) is 68.1. The summed E-state index contributed by atoms with van der Waals surface area (Å²) in [4.78, 5) is 38.4. The molecule has 3 unspecified atom stereocenters. The van der Waals surface area contributed by atoms with Gasteiger partial charge >= 0.3 is 17.9 Å². The van der Waals surface area contributed by atoms with E-state index in [1.807, 2.05) is 0 Å². The molecule has 0 fully saturated rings. The SMILES string of the molecule is CCC(C)CCCCCCCCCCCCCCCCCCCCC(=O)OC[C@@H](COC(=O)CCCCCCCCCCCCC(C)CC)OC(=O)CCCCCCCCCCCCCCCCCCCCC(C)CC. The molecule has 0 N–H and O–H groups in total. The topological polar surface area (TPSA) is 78.9 Å². The highest BCUT2D eigenvalue weighted by Gasteiger charge is 2.20. The molecule has 0 aromatic carbocycles. The van der Waals surface area contributed by atoms with Gasteiger partial charge in [0.15, 0.2) is 6.10 Å². The van der Waals surface area contributed by atoms with Crippen molar-refractivity contribution in [3.05, 3.63) is 0 Å². The fourth-order valence-electron chi connectivity index (χ4n) is 10.8. The Hall–Kier alpha value is -1.59. The number of hydrogen-bond acceptors (Lipinski definition) is 6. The molecule has 0 aliphatic heterocycles. The standard InChI is InChI=1S/C70H136O6/c1-7-64(4)56-50-44-38-32-26-22-18-14-10-12-16-20-24-28-35-41-47-53-59-68(71)74-62-67(63-75-69(72)60-54-48-42-36-31-30-34-40-46-52-58-66(6)9-3)76-70(73)61-55-49-43-37-29-25-21-17-13-11-15-19-23-27-33-39-45-51-57-65(5)8-2/h64-67H,7-63H2,1-6H3/t64?,65?,66?,67-/m0/s1. The molecule has 0 aliphatic rings. The molecular formula is C70H136O6. The Labute approximate surface area is 476 Å². The minimum atomic E-state index is -0.765. The van der Waals surface area contributed by atoms with E-state index in [-0.39, 0.29) is 31.1 Å². The van der Waals surface area contributed by atoms with Crippen molar-refractivity contribution in [2.24, 2.45) is 17.8 Å². The second-order valence-corrected chi connectivity index (χ2v) is 24.9. The molecule has 0 aromatic heterocycles. The molecule has 0 aliphatic carbocycles. The lowest BCUT2D eigenvalue weighted by atomic mass is 9.99. The van der Waals surface area contributed by atoms with Crippen LogP contribution in [0.3, 0.4) is 0 Å². The van der Waals surface area contributed by atoms with Crippen LogP contribution in [0, 0.1) is 17.8 Å². The van der Waals surface area contributed by atoms with Gasteiger partial charge in [-0.25, -0.2) is 0 Å². The van der Waals surface area contributed by atoms with Gasteiger partial charge in [-0.1, -0.05) is 356 Å². The summed E-state index contributed by atoms with van der Waals surface area (Å²) in [5.74, 6) is 1.86. The van der Waals surface area contributed by atoms with Crippen LogP contribution in [0.15, 0.2) is 0 Å². The lowest BCUT2D eigenvalue weighted by molar-refractivity contribution is -0.167. The van der Waals surface area contributed by atoms with Gasteiger partial charge in [0.05, 0.1) is 0 Å². The monoisotopic (exact) mass is 1070 g/mol. The van der Waals surface area contributed by atoms with Crippen molar-refractivity contribution in [2.75, 3.05) is 13.2 Å². The van der Waals surface area contributed by atoms with Crippen molar-refractivity contribution < 1.29 is 28.6 Å². The van der Waals surface area contributed by atoms with E-state index in [4.69, 9.17) is 14.2 Å². The zero-order valence-corrected chi connectivity index (χ0v) is 52.6. The minimum Gasteiger partial charge on any atom is -0.462 e. The largest absolute Gasteiger partial charge is 0.462 e. The maximum absolute atomic E-state index is 12.9. The first-order valence-electron chi connectivity index (χ1n) is 34.7. The molecule has 0 amide bonds. The Morgan fingerprint density at radius 2 is 0.421 bits per heavy atom. The van der Waals surface area contributed by atoms with E-state index in [1.54, 1.807) is 0 Å². The van der Waals surface area contributed by atoms with E-state index in [0.717, 1.165) is 75.5 Å². The van der Waals surface area contributed by atoms with E-state index in [2.05, 4.69) is 41.5 Å². The van der Waals surface area contributed by atoms with Crippen LogP contribution in [-0.4, -0.2) is 37.2 Å². The third-order valence-electron chi connectivity index (χ3n) is 17.2. The van der Waals surface area contributed by atoms with Gasteiger partial charge in [-0.3, -0.25) is 14.4 Å². The van der Waals surface area contributed by atoms with Crippen LogP contribution < -0.4 is 0 Å². The van der Waals surface area contributed by atoms with Gasteiger partial charge in [-0.15, -0.1) is 0 Å². The number of ether oxygens (including phenoxy) is 3. The maximum atomic E-state index is 12.9. The van der Waals surface area contributed by atoms with E-state index in [0.29, 0.717) is 19.3 Å². The van der Waals surface area contributed by atoms with Crippen molar-refractivity contribution in [3.8, 4) is 0 Å². The molecule has 0 bridgehead atoms. The molecule has 0 spiro atoms. The number of carbonyl (C=O) groups excluding carboxylic acids is 3. The second-order valence-electron chi connectivity index (χ2n) is 24.9. The van der Waals surface area contributed by atoms with Crippen LogP contribution in [-0.2, 0) is 28.6 Å². The Bertz CT molecular complexity index is 1190. The van der Waals surface area contributed by atoms with Gasteiger partial charge in [0.2, 0.25) is 0 Å². The summed E-state index contributed by atoms with van der Waals surface area (Å²) in [7, 11) is 0. The molecule has 0 radical (unpaired) electrons. The zero-order chi connectivity index (χ0) is 55.5. The Balaban J connectivity index is 4.25. The number of rotatable bonds is 63. The Kier molecular flexibility index (Phi) is 59.8. The third-order valence-corrected chi connectivity index (χ3v) is 17.2. The summed E-state index contributed by atoms with van der Waals surface area (Å²) in [5, 5.41) is 0. The van der Waals surface area contributed by atoms with E-state index in [9.17, 15) is 14.4 Å². The van der Waals surface area contributed by atoms with Gasteiger partial charge in [0.25, 0.3) is 0 Å². The summed E-state index contributed by atoms with van der Waals surface area (Å²) in [6, 6.07) is 0. The van der Waals surface area contributed by atoms with Gasteiger partial charge in [-0.05, 0) is 37.0 Å². The van der Waals surface area contributed by atoms with Crippen LogP contribution in [0.25, 0.3) is 0 Å². The van der Waals surface area contributed by atoms with Crippen LogP contribution in [0.4, 0.5) is 0 Å². The summed E-state index contributed by atoms with van der Waals surface area (Å²) in [5.41, 5.74) is 0. The molecule has 0 saturated carbocycles. The summed E-state index contributed by atoms with van der Waals surface area (Å²) in [6.45, 7) is 13.9. The predicted octanol–water partition coefficient (Wildman–Crippen LogP) is 23.4. The van der Waals surface area contributed by atoms with Crippen LogP contribution in [0.1, 0.15) is 395 Å². The third kappa shape index (κ3) is 58.6. The Morgan fingerprint density at radius 1 is 0.250 bits per heavy atom. The average Bonchev–Trinajstić information content (AvgIpc) is 3.42. The number of hydrogen-bond donors (Lipinski definition) is 0. The first kappa shape index (κ1) is 74.4. The van der Waals surface area contributed by atoms with Crippen molar-refractivity contribution >= 4 is 17.9 Å². The van der Waals surface area contributed by atoms with E-state index in [1.165, 1.54) is 276 Å². The lowest BCUT2D eigenvalue weighted by Crippen LogP contribution is -2.30. The highest BCUT2D eigenvalue weighted by molar-refractivity contribution is 5.71. The van der Waals surface area contributed by atoms with Crippen molar-refractivity contribution in [1.82, 2.24) is 0 Å². The fraction of sp³-hybridized carbons (Fsp3) is 0.957. The van der Waals surface area contributed by atoms with Gasteiger partial charge in [0.1, 0.15) is 13.2 Å². The van der Waals surface area contributed by atoms with Crippen LogP contribution >= 0.6 is 0 Å². The molecule has 452 valence electrons. The van der Waals surface area contributed by atoms with E-state index < -0.39 is 6.10 Å². The molecule has 6 nitrogen and oxygen atoms in total. The molecule has 0 aromatic rings. The lowest BCUT2D eigenvalue weighted by Gasteiger charge is -2.18. The normalized spacial score (nSPS) is 13.2. The highest BCUT2D eigenvalue weighted by atomic mass is 16.6. The molecule has 76 heavy (non-hydrogen) atoms. The summed E-state index contributed by atoms with van der Waals surface area (Å²) >= 11 is 0. The number of esters is 3. The molecule has 0 heterocycles. The van der Waals surface area contributed by atoms with Gasteiger partial charge in [0, 0.05) is 19.3 Å². The number of unbranched alkanes of at least 4 members (excludes halogenated alkanes) is 43.